The lowest BCUT2D eigenvalue weighted by atomic mass is 10.1. The minimum absolute atomic E-state index is 0.0301. The van der Waals surface area contributed by atoms with Gasteiger partial charge in [-0.15, -0.1) is 0 Å². The summed E-state index contributed by atoms with van der Waals surface area (Å²) in [4.78, 5) is 0. The highest BCUT2D eigenvalue weighted by Gasteiger charge is 2.37. The Kier molecular flexibility index (Phi) is 4.34. The molecule has 1 heterocycles. The summed E-state index contributed by atoms with van der Waals surface area (Å²) in [5, 5.41) is 25.9. The highest BCUT2D eigenvalue weighted by molar-refractivity contribution is 5.17. The number of hydrogen-bond donors (Lipinski definition) is 4. The van der Waals surface area contributed by atoms with Gasteiger partial charge in [-0.3, -0.25) is 0 Å². The van der Waals surface area contributed by atoms with Gasteiger partial charge >= 0.3 is 0 Å². The molecular weight excluding hydrogens is 216 g/mol. The second-order valence-corrected chi connectivity index (χ2v) is 4.97. The average molecular weight is 238 g/mol. The van der Waals surface area contributed by atoms with E-state index in [4.69, 9.17) is 0 Å². The third-order valence-corrected chi connectivity index (χ3v) is 3.60. The van der Waals surface area contributed by atoms with Crippen molar-refractivity contribution in [1.82, 2.24) is 10.6 Å². The standard InChI is InChI=1S/C13H22N2O2/c1-9-12(16)13(17)11(15-9)8-14-7-6-10-4-2-3-5-10/h2-5,9-17H,6-8H2,1H3/t9-,11-,12+,13-/m0/s1. The maximum atomic E-state index is 9.76. The van der Waals surface area contributed by atoms with Crippen molar-refractivity contribution in [1.29, 1.82) is 0 Å². The Labute approximate surface area is 102 Å². The molecule has 2 rings (SSSR count). The van der Waals surface area contributed by atoms with Crippen LogP contribution in [0.15, 0.2) is 24.3 Å². The predicted octanol–water partition coefficient (Wildman–Crippen LogP) is -0.210. The first-order valence-corrected chi connectivity index (χ1v) is 6.36. The summed E-state index contributed by atoms with van der Waals surface area (Å²) < 4.78 is 0. The molecule has 17 heavy (non-hydrogen) atoms. The molecule has 4 heteroatoms. The number of hydrogen-bond acceptors (Lipinski definition) is 4. The number of aliphatic hydroxyl groups is 2. The monoisotopic (exact) mass is 238 g/mol. The van der Waals surface area contributed by atoms with Gasteiger partial charge in [0.25, 0.3) is 0 Å². The quantitative estimate of drug-likeness (QED) is 0.501. The molecule has 1 aliphatic carbocycles. The molecule has 4 atom stereocenters. The molecule has 0 spiro atoms. The Morgan fingerprint density at radius 1 is 1.18 bits per heavy atom. The van der Waals surface area contributed by atoms with E-state index in [0.29, 0.717) is 12.5 Å². The Morgan fingerprint density at radius 2 is 1.88 bits per heavy atom. The Balaban J connectivity index is 1.62. The van der Waals surface area contributed by atoms with Gasteiger partial charge in [-0.2, -0.15) is 0 Å². The van der Waals surface area contributed by atoms with Gasteiger partial charge in [-0.1, -0.05) is 24.3 Å². The van der Waals surface area contributed by atoms with Crippen molar-refractivity contribution >= 4 is 0 Å². The highest BCUT2D eigenvalue weighted by Crippen LogP contribution is 2.14. The zero-order chi connectivity index (χ0) is 12.3. The molecule has 0 amide bonds. The fraction of sp³-hybridized carbons (Fsp3) is 0.692. The summed E-state index contributed by atoms with van der Waals surface area (Å²) in [6.07, 6.45) is 8.29. The van der Waals surface area contributed by atoms with Crippen molar-refractivity contribution in [2.24, 2.45) is 5.92 Å². The highest BCUT2D eigenvalue weighted by atomic mass is 16.3. The lowest BCUT2D eigenvalue weighted by molar-refractivity contribution is 0.0304. The van der Waals surface area contributed by atoms with Crippen LogP contribution >= 0.6 is 0 Å². The summed E-state index contributed by atoms with van der Waals surface area (Å²) >= 11 is 0. The zero-order valence-corrected chi connectivity index (χ0v) is 10.2. The largest absolute Gasteiger partial charge is 0.389 e. The van der Waals surface area contributed by atoms with E-state index in [-0.39, 0.29) is 12.1 Å². The summed E-state index contributed by atoms with van der Waals surface area (Å²) in [7, 11) is 0. The van der Waals surface area contributed by atoms with Crippen LogP contribution < -0.4 is 10.6 Å². The van der Waals surface area contributed by atoms with Gasteiger partial charge in [0.15, 0.2) is 0 Å². The minimum Gasteiger partial charge on any atom is -0.389 e. The molecule has 1 saturated heterocycles. The molecule has 0 aromatic carbocycles. The number of rotatable bonds is 5. The Morgan fingerprint density at radius 3 is 2.47 bits per heavy atom. The van der Waals surface area contributed by atoms with Crippen LogP contribution in [0.2, 0.25) is 0 Å². The lowest BCUT2D eigenvalue weighted by Crippen LogP contribution is -2.42. The Hall–Kier alpha value is -0.680. The first-order valence-electron chi connectivity index (χ1n) is 6.36. The van der Waals surface area contributed by atoms with E-state index in [1.165, 1.54) is 0 Å². The van der Waals surface area contributed by atoms with Crippen LogP contribution in [-0.2, 0) is 0 Å². The predicted molar refractivity (Wildman–Crippen MR) is 67.7 cm³/mol. The molecule has 0 aromatic rings. The van der Waals surface area contributed by atoms with Gasteiger partial charge in [0.2, 0.25) is 0 Å². The van der Waals surface area contributed by atoms with Crippen LogP contribution in [0.25, 0.3) is 0 Å². The second-order valence-electron chi connectivity index (χ2n) is 4.97. The molecule has 96 valence electrons. The molecule has 4 nitrogen and oxygen atoms in total. The smallest absolute Gasteiger partial charge is 0.0979 e. The molecule has 0 saturated carbocycles. The van der Waals surface area contributed by atoms with Crippen LogP contribution in [-0.4, -0.2) is 47.6 Å². The second kappa shape index (κ2) is 5.78. The van der Waals surface area contributed by atoms with E-state index in [0.717, 1.165) is 13.0 Å². The van der Waals surface area contributed by atoms with Crippen molar-refractivity contribution in [3.63, 3.8) is 0 Å². The summed E-state index contributed by atoms with van der Waals surface area (Å²) in [5.74, 6) is 0.550. The van der Waals surface area contributed by atoms with Crippen molar-refractivity contribution in [2.45, 2.75) is 37.6 Å². The molecule has 1 aliphatic heterocycles. The van der Waals surface area contributed by atoms with Gasteiger partial charge < -0.3 is 20.8 Å². The maximum Gasteiger partial charge on any atom is 0.0979 e. The third kappa shape index (κ3) is 3.16. The molecule has 0 bridgehead atoms. The van der Waals surface area contributed by atoms with Crippen LogP contribution in [0.4, 0.5) is 0 Å². The first kappa shape index (κ1) is 12.8. The lowest BCUT2D eigenvalue weighted by Gasteiger charge is -2.17. The number of aliphatic hydroxyl groups excluding tert-OH is 2. The Bertz CT molecular complexity index is 292. The van der Waals surface area contributed by atoms with E-state index >= 15 is 0 Å². The van der Waals surface area contributed by atoms with E-state index < -0.39 is 12.2 Å². The van der Waals surface area contributed by atoms with E-state index in [2.05, 4.69) is 34.9 Å². The van der Waals surface area contributed by atoms with Gasteiger partial charge in [-0.25, -0.2) is 0 Å². The van der Waals surface area contributed by atoms with E-state index in [1.54, 1.807) is 0 Å². The number of allylic oxidation sites excluding steroid dienone is 4. The summed E-state index contributed by atoms with van der Waals surface area (Å²) in [5.41, 5.74) is 0. The van der Waals surface area contributed by atoms with Gasteiger partial charge in [0.05, 0.1) is 12.2 Å². The van der Waals surface area contributed by atoms with E-state index in [9.17, 15) is 10.2 Å². The molecule has 4 N–H and O–H groups in total. The maximum absolute atomic E-state index is 9.76. The molecule has 2 aliphatic rings. The summed E-state index contributed by atoms with van der Waals surface area (Å²) in [6.45, 7) is 3.51. The zero-order valence-electron chi connectivity index (χ0n) is 10.2. The molecule has 0 radical (unpaired) electrons. The topological polar surface area (TPSA) is 64.5 Å². The van der Waals surface area contributed by atoms with Crippen molar-refractivity contribution in [3.05, 3.63) is 24.3 Å². The van der Waals surface area contributed by atoms with Gasteiger partial charge in [0, 0.05) is 18.6 Å². The van der Waals surface area contributed by atoms with Crippen LogP contribution in [0.1, 0.15) is 13.3 Å². The molecule has 0 aromatic heterocycles. The normalized spacial score (nSPS) is 37.1. The van der Waals surface area contributed by atoms with Crippen molar-refractivity contribution in [2.75, 3.05) is 13.1 Å². The fourth-order valence-corrected chi connectivity index (χ4v) is 2.44. The van der Waals surface area contributed by atoms with Crippen LogP contribution in [0.3, 0.4) is 0 Å². The molecular formula is C13H22N2O2. The fourth-order valence-electron chi connectivity index (χ4n) is 2.44. The average Bonchev–Trinajstić information content (AvgIpc) is 2.90. The third-order valence-electron chi connectivity index (χ3n) is 3.60. The van der Waals surface area contributed by atoms with Crippen LogP contribution in [0, 0.1) is 5.92 Å². The SMILES string of the molecule is C[C@@H]1N[C@@H](CNCCC2C=CC=C2)[C@H](O)[C@@H]1O. The van der Waals surface area contributed by atoms with E-state index in [1.807, 2.05) is 6.92 Å². The minimum atomic E-state index is -0.663. The van der Waals surface area contributed by atoms with Crippen molar-refractivity contribution in [3.8, 4) is 0 Å². The molecule has 1 fully saturated rings. The first-order chi connectivity index (χ1) is 8.18. The summed E-state index contributed by atoms with van der Waals surface area (Å²) in [6, 6.07) is -0.0767. The van der Waals surface area contributed by atoms with Gasteiger partial charge in [-0.05, 0) is 25.8 Å². The number of nitrogens with one attached hydrogen (secondary N) is 2. The van der Waals surface area contributed by atoms with Gasteiger partial charge in [0.1, 0.15) is 0 Å². The van der Waals surface area contributed by atoms with Crippen LogP contribution in [0.5, 0.6) is 0 Å². The molecule has 0 unspecified atom stereocenters. The van der Waals surface area contributed by atoms with Crippen molar-refractivity contribution < 1.29 is 10.2 Å².